The summed E-state index contributed by atoms with van der Waals surface area (Å²) in [7, 11) is 0. The molecule has 20 heavy (non-hydrogen) atoms. The molecule has 0 aliphatic heterocycles. The second-order valence-electron chi connectivity index (χ2n) is 4.69. The summed E-state index contributed by atoms with van der Waals surface area (Å²) >= 11 is 22.9. The third-order valence-corrected chi connectivity index (χ3v) is 11.7. The second-order valence-corrected chi connectivity index (χ2v) is 10.4. The summed E-state index contributed by atoms with van der Waals surface area (Å²) in [6.45, 7) is 0. The van der Waals surface area contributed by atoms with Crippen molar-refractivity contribution in [3.05, 3.63) is 44.3 Å². The molecule has 0 saturated carbocycles. The minimum absolute atomic E-state index is 0.242. The molecule has 0 spiro atoms. The zero-order valence-corrected chi connectivity index (χ0v) is 19.4. The molecule has 3 rings (SSSR count). The van der Waals surface area contributed by atoms with Gasteiger partial charge in [-0.3, -0.25) is 0 Å². The Hall–Kier alpha value is 1.58. The molecule has 0 bridgehead atoms. The van der Waals surface area contributed by atoms with E-state index in [0.29, 0.717) is 9.65 Å². The summed E-state index contributed by atoms with van der Waals surface area (Å²) in [6, 6.07) is 8.44. The number of benzene rings is 2. The third kappa shape index (κ3) is 2.44. The van der Waals surface area contributed by atoms with Crippen molar-refractivity contribution < 1.29 is 0 Å². The molecule has 0 amide bonds. The lowest BCUT2D eigenvalue weighted by atomic mass is 9.89. The maximum atomic E-state index is 3.84. The van der Waals surface area contributed by atoms with Gasteiger partial charge in [-0.25, -0.2) is 0 Å². The van der Waals surface area contributed by atoms with Crippen LogP contribution in [-0.4, -0.2) is 9.65 Å². The summed E-state index contributed by atoms with van der Waals surface area (Å²) in [5.74, 6) is 0. The van der Waals surface area contributed by atoms with Crippen molar-refractivity contribution in [3.8, 4) is 0 Å². The predicted octanol–water partition coefficient (Wildman–Crippen LogP) is 7.78. The molecule has 106 valence electrons. The van der Waals surface area contributed by atoms with Crippen molar-refractivity contribution in [2.75, 3.05) is 0 Å². The molecule has 1 aliphatic carbocycles. The van der Waals surface area contributed by atoms with E-state index in [4.69, 9.17) is 0 Å². The van der Waals surface area contributed by atoms with Gasteiger partial charge in [0.1, 0.15) is 0 Å². The van der Waals surface area contributed by atoms with E-state index in [1.807, 2.05) is 0 Å². The first-order chi connectivity index (χ1) is 9.45. The van der Waals surface area contributed by atoms with E-state index in [9.17, 15) is 0 Å². The maximum Gasteiger partial charge on any atom is 0.0546 e. The zero-order chi connectivity index (χ0) is 14.6. The number of hydrogen-bond donors (Lipinski definition) is 0. The molecular formula is C14H8Br6. The van der Waals surface area contributed by atoms with Gasteiger partial charge in [0.05, 0.1) is 9.65 Å². The first kappa shape index (κ1) is 16.4. The summed E-state index contributed by atoms with van der Waals surface area (Å²) in [5.41, 5.74) is 2.60. The number of rotatable bonds is 0. The van der Waals surface area contributed by atoms with Crippen LogP contribution in [-0.2, 0) is 0 Å². The Morgan fingerprint density at radius 2 is 1.00 bits per heavy atom. The molecule has 2 aromatic rings. The quantitative estimate of drug-likeness (QED) is 0.255. The lowest BCUT2D eigenvalue weighted by Gasteiger charge is -2.36. The molecular weight excluding hydrogens is 648 g/mol. The lowest BCUT2D eigenvalue weighted by Crippen LogP contribution is -2.30. The fourth-order valence-corrected chi connectivity index (χ4v) is 8.37. The van der Waals surface area contributed by atoms with E-state index in [1.54, 1.807) is 0 Å². The Labute approximate surface area is 168 Å². The van der Waals surface area contributed by atoms with Gasteiger partial charge in [-0.2, -0.15) is 0 Å². The average molecular weight is 656 g/mol. The van der Waals surface area contributed by atoms with Crippen LogP contribution in [0.25, 0.3) is 10.8 Å². The van der Waals surface area contributed by atoms with Crippen LogP contribution >= 0.6 is 95.6 Å². The Kier molecular flexibility index (Phi) is 5.12. The largest absolute Gasteiger partial charge is 0.0862 e. The molecule has 1 aliphatic rings. The van der Waals surface area contributed by atoms with Gasteiger partial charge < -0.3 is 0 Å². The minimum atomic E-state index is 0.242. The SMILES string of the molecule is Brc1c2c(c(Br)c3ccccc13)[C@H](Br)[C@@H](Br)[C@H](Br)[C@H]2Br. The van der Waals surface area contributed by atoms with Crippen molar-refractivity contribution in [3.63, 3.8) is 0 Å². The lowest BCUT2D eigenvalue weighted by molar-refractivity contribution is 0.725. The molecule has 0 aromatic heterocycles. The molecule has 0 fully saturated rings. The molecule has 0 unspecified atom stereocenters. The van der Waals surface area contributed by atoms with E-state index in [-0.39, 0.29) is 9.65 Å². The number of hydrogen-bond acceptors (Lipinski definition) is 0. The van der Waals surface area contributed by atoms with E-state index < -0.39 is 0 Å². The van der Waals surface area contributed by atoms with Gasteiger partial charge in [0.2, 0.25) is 0 Å². The van der Waals surface area contributed by atoms with Gasteiger partial charge in [0, 0.05) is 18.6 Å². The smallest absolute Gasteiger partial charge is 0.0546 e. The van der Waals surface area contributed by atoms with Crippen LogP contribution < -0.4 is 0 Å². The second kappa shape index (κ2) is 6.23. The molecule has 6 heteroatoms. The number of halogens is 6. The molecule has 2 aromatic carbocycles. The topological polar surface area (TPSA) is 0 Å². The number of fused-ring (bicyclic) bond motifs is 2. The predicted molar refractivity (Wildman–Crippen MR) is 108 cm³/mol. The van der Waals surface area contributed by atoms with Gasteiger partial charge in [0.15, 0.2) is 0 Å². The summed E-state index contributed by atoms with van der Waals surface area (Å²) < 4.78 is 2.34. The van der Waals surface area contributed by atoms with E-state index in [0.717, 1.165) is 0 Å². The Morgan fingerprint density at radius 3 is 1.35 bits per heavy atom. The monoisotopic (exact) mass is 650 g/mol. The Morgan fingerprint density at radius 1 is 0.650 bits per heavy atom. The van der Waals surface area contributed by atoms with Crippen LogP contribution in [0.3, 0.4) is 0 Å². The Balaban J connectivity index is 2.43. The van der Waals surface area contributed by atoms with Crippen molar-refractivity contribution in [2.24, 2.45) is 0 Å². The minimum Gasteiger partial charge on any atom is -0.0862 e. The van der Waals surface area contributed by atoms with Gasteiger partial charge in [-0.05, 0) is 53.8 Å². The van der Waals surface area contributed by atoms with E-state index in [2.05, 4.69) is 120 Å². The van der Waals surface area contributed by atoms with Crippen molar-refractivity contribution in [1.82, 2.24) is 0 Å². The van der Waals surface area contributed by atoms with E-state index in [1.165, 1.54) is 30.8 Å². The highest BCUT2D eigenvalue weighted by atomic mass is 79.9. The highest BCUT2D eigenvalue weighted by Gasteiger charge is 2.41. The van der Waals surface area contributed by atoms with Crippen molar-refractivity contribution in [2.45, 2.75) is 19.3 Å². The normalized spacial score (nSPS) is 29.5. The van der Waals surface area contributed by atoms with Crippen LogP contribution in [0.4, 0.5) is 0 Å². The maximum absolute atomic E-state index is 3.84. The molecule has 4 atom stereocenters. The molecule has 0 heterocycles. The van der Waals surface area contributed by atoms with Crippen molar-refractivity contribution >= 4 is 106 Å². The first-order valence-electron chi connectivity index (χ1n) is 5.91. The van der Waals surface area contributed by atoms with Crippen LogP contribution in [0.5, 0.6) is 0 Å². The molecule has 0 saturated heterocycles. The van der Waals surface area contributed by atoms with Gasteiger partial charge in [-0.1, -0.05) is 88.0 Å². The van der Waals surface area contributed by atoms with Crippen molar-refractivity contribution in [1.29, 1.82) is 0 Å². The fourth-order valence-electron chi connectivity index (χ4n) is 2.57. The number of alkyl halides is 4. The third-order valence-electron chi connectivity index (χ3n) is 3.58. The van der Waals surface area contributed by atoms with Crippen LogP contribution in [0.1, 0.15) is 20.8 Å². The highest BCUT2D eigenvalue weighted by Crippen LogP contribution is 2.56. The average Bonchev–Trinajstić information content (AvgIpc) is 2.46. The van der Waals surface area contributed by atoms with Crippen LogP contribution in [0.2, 0.25) is 0 Å². The molecule has 0 nitrogen and oxygen atoms in total. The zero-order valence-electron chi connectivity index (χ0n) is 9.89. The van der Waals surface area contributed by atoms with E-state index >= 15 is 0 Å². The summed E-state index contributed by atoms with van der Waals surface area (Å²) in [5, 5.41) is 2.46. The standard InChI is InChI=1S/C14H8Br6/c15-9-5-3-1-2-4-6(5)10(16)8-7(9)11(17)13(19)14(20)12(8)18/h1-4,11-14H/t11-,12-,13+,14+/m0/s1. The summed E-state index contributed by atoms with van der Waals surface area (Å²) in [4.78, 5) is 1.10. The van der Waals surface area contributed by atoms with Gasteiger partial charge in [0.25, 0.3) is 0 Å². The molecule has 0 radical (unpaired) electrons. The van der Waals surface area contributed by atoms with Gasteiger partial charge >= 0.3 is 0 Å². The molecule has 0 N–H and O–H groups in total. The summed E-state index contributed by atoms with van der Waals surface area (Å²) in [6.07, 6.45) is 0. The Bertz CT molecular complexity index is 624. The van der Waals surface area contributed by atoms with Gasteiger partial charge in [-0.15, -0.1) is 0 Å². The fraction of sp³-hybridized carbons (Fsp3) is 0.286. The van der Waals surface area contributed by atoms with Crippen LogP contribution in [0, 0.1) is 0 Å². The first-order valence-corrected chi connectivity index (χ1v) is 11.2. The van der Waals surface area contributed by atoms with Crippen LogP contribution in [0.15, 0.2) is 33.2 Å². The highest BCUT2D eigenvalue weighted by molar-refractivity contribution is 9.14.